The Balaban J connectivity index is 1.77. The van der Waals surface area contributed by atoms with Gasteiger partial charge < -0.3 is 9.52 Å². The molecule has 2 aromatic carbocycles. The van der Waals surface area contributed by atoms with Gasteiger partial charge in [-0.3, -0.25) is 0 Å². The Bertz CT molecular complexity index is 790. The molecule has 0 bridgehead atoms. The summed E-state index contributed by atoms with van der Waals surface area (Å²) >= 11 is 0. The normalized spacial score (nSPS) is 10.6. The molecule has 1 aromatic heterocycles. The highest BCUT2D eigenvalue weighted by atomic mass is 16.4. The van der Waals surface area contributed by atoms with Crippen LogP contribution in [-0.2, 0) is 6.42 Å². The van der Waals surface area contributed by atoms with Gasteiger partial charge in [-0.15, -0.1) is 10.2 Å². The monoisotopic (exact) mass is 294 g/mol. The van der Waals surface area contributed by atoms with Crippen molar-refractivity contribution >= 4 is 5.97 Å². The van der Waals surface area contributed by atoms with Crippen LogP contribution < -0.4 is 0 Å². The van der Waals surface area contributed by atoms with Crippen molar-refractivity contribution in [3.63, 3.8) is 0 Å². The molecule has 5 heteroatoms. The molecule has 0 aliphatic rings. The lowest BCUT2D eigenvalue weighted by Gasteiger charge is -2.04. The maximum absolute atomic E-state index is 10.8. The van der Waals surface area contributed by atoms with Crippen molar-refractivity contribution in [1.82, 2.24) is 10.2 Å². The summed E-state index contributed by atoms with van der Waals surface area (Å²) in [7, 11) is 0. The zero-order valence-corrected chi connectivity index (χ0v) is 12.0. The molecule has 3 rings (SSSR count). The largest absolute Gasteiger partial charge is 0.478 e. The van der Waals surface area contributed by atoms with Gasteiger partial charge in [-0.05, 0) is 28.8 Å². The smallest absolute Gasteiger partial charge is 0.335 e. The van der Waals surface area contributed by atoms with Crippen LogP contribution in [0, 0.1) is 6.92 Å². The van der Waals surface area contributed by atoms with Gasteiger partial charge in [0.1, 0.15) is 0 Å². The van der Waals surface area contributed by atoms with E-state index in [0.717, 1.165) is 16.7 Å². The maximum Gasteiger partial charge on any atom is 0.335 e. The van der Waals surface area contributed by atoms with Crippen LogP contribution in [0.2, 0.25) is 0 Å². The number of carboxylic acids is 1. The van der Waals surface area contributed by atoms with Crippen LogP contribution in [0.15, 0.2) is 52.9 Å². The van der Waals surface area contributed by atoms with Crippen molar-refractivity contribution in [3.05, 3.63) is 71.4 Å². The van der Waals surface area contributed by atoms with Gasteiger partial charge >= 0.3 is 5.97 Å². The summed E-state index contributed by atoms with van der Waals surface area (Å²) < 4.78 is 5.36. The molecule has 0 fully saturated rings. The summed E-state index contributed by atoms with van der Waals surface area (Å²) in [6.45, 7) is 1.76. The Morgan fingerprint density at radius 3 is 2.09 bits per heavy atom. The first-order valence-electron chi connectivity index (χ1n) is 6.83. The first-order chi connectivity index (χ1) is 10.6. The van der Waals surface area contributed by atoms with E-state index in [9.17, 15) is 4.79 Å². The summed E-state index contributed by atoms with van der Waals surface area (Å²) in [5.41, 5.74) is 3.37. The van der Waals surface area contributed by atoms with Crippen molar-refractivity contribution in [2.45, 2.75) is 13.3 Å². The summed E-state index contributed by atoms with van der Waals surface area (Å²) in [6, 6.07) is 14.8. The van der Waals surface area contributed by atoms with E-state index >= 15 is 0 Å². The lowest BCUT2D eigenvalue weighted by atomic mass is 10.0. The molecule has 5 nitrogen and oxygen atoms in total. The topological polar surface area (TPSA) is 76.2 Å². The van der Waals surface area contributed by atoms with Gasteiger partial charge in [0, 0.05) is 6.92 Å². The number of aromatic nitrogens is 2. The van der Waals surface area contributed by atoms with Crippen LogP contribution in [0.25, 0.3) is 11.1 Å². The highest BCUT2D eigenvalue weighted by molar-refractivity contribution is 5.88. The number of nitrogens with zero attached hydrogens (tertiary/aromatic N) is 2. The molecule has 0 saturated carbocycles. The summed E-state index contributed by atoms with van der Waals surface area (Å²) in [4.78, 5) is 10.8. The standard InChI is InChI=1S/C17H14N2O3/c1-11-18-19-16(22-11)10-12-2-4-13(5-3-12)14-6-8-15(9-7-14)17(20)21/h2-9H,10H2,1H3,(H,20,21). The van der Waals surface area contributed by atoms with Gasteiger partial charge in [-0.25, -0.2) is 4.79 Å². The molecule has 22 heavy (non-hydrogen) atoms. The second-order valence-electron chi connectivity index (χ2n) is 4.97. The fourth-order valence-electron chi connectivity index (χ4n) is 2.20. The van der Waals surface area contributed by atoms with E-state index in [1.165, 1.54) is 0 Å². The van der Waals surface area contributed by atoms with Gasteiger partial charge in [-0.1, -0.05) is 36.4 Å². The minimum Gasteiger partial charge on any atom is -0.478 e. The van der Waals surface area contributed by atoms with Crippen molar-refractivity contribution in [2.24, 2.45) is 0 Å². The molecule has 0 saturated heterocycles. The third-order valence-corrected chi connectivity index (χ3v) is 3.34. The Hall–Kier alpha value is -2.95. The van der Waals surface area contributed by atoms with Gasteiger partial charge in [0.15, 0.2) is 0 Å². The van der Waals surface area contributed by atoms with E-state index in [4.69, 9.17) is 9.52 Å². The number of rotatable bonds is 4. The number of hydrogen-bond acceptors (Lipinski definition) is 4. The van der Waals surface area contributed by atoms with Crippen LogP contribution in [0.4, 0.5) is 0 Å². The van der Waals surface area contributed by atoms with E-state index < -0.39 is 5.97 Å². The van der Waals surface area contributed by atoms with Crippen molar-refractivity contribution < 1.29 is 14.3 Å². The predicted molar refractivity (Wildman–Crippen MR) is 80.7 cm³/mol. The van der Waals surface area contributed by atoms with E-state index in [2.05, 4.69) is 10.2 Å². The quantitative estimate of drug-likeness (QED) is 0.798. The summed E-state index contributed by atoms with van der Waals surface area (Å²) in [6.07, 6.45) is 0.596. The van der Waals surface area contributed by atoms with Crippen LogP contribution in [-0.4, -0.2) is 21.3 Å². The fraction of sp³-hybridized carbons (Fsp3) is 0.118. The highest BCUT2D eigenvalue weighted by Gasteiger charge is 2.06. The molecule has 0 unspecified atom stereocenters. The number of benzene rings is 2. The molecule has 1 heterocycles. The van der Waals surface area contributed by atoms with Crippen LogP contribution >= 0.6 is 0 Å². The number of hydrogen-bond donors (Lipinski definition) is 1. The van der Waals surface area contributed by atoms with E-state index in [-0.39, 0.29) is 5.56 Å². The minimum atomic E-state index is -0.920. The fourth-order valence-corrected chi connectivity index (χ4v) is 2.20. The Morgan fingerprint density at radius 1 is 1.00 bits per heavy atom. The number of carboxylic acid groups (broad SMARTS) is 1. The van der Waals surface area contributed by atoms with Crippen molar-refractivity contribution in [2.75, 3.05) is 0 Å². The number of aromatic carboxylic acids is 1. The molecule has 0 atom stereocenters. The SMILES string of the molecule is Cc1nnc(Cc2ccc(-c3ccc(C(=O)O)cc3)cc2)o1. The first-order valence-corrected chi connectivity index (χ1v) is 6.83. The third-order valence-electron chi connectivity index (χ3n) is 3.34. The second-order valence-corrected chi connectivity index (χ2v) is 4.97. The maximum atomic E-state index is 10.8. The Kier molecular flexibility index (Phi) is 3.70. The Morgan fingerprint density at radius 2 is 1.59 bits per heavy atom. The highest BCUT2D eigenvalue weighted by Crippen LogP contribution is 2.21. The summed E-state index contributed by atoms with van der Waals surface area (Å²) in [5.74, 6) is 0.234. The lowest BCUT2D eigenvalue weighted by molar-refractivity contribution is 0.0697. The molecular weight excluding hydrogens is 280 g/mol. The van der Waals surface area contributed by atoms with Crippen LogP contribution in [0.5, 0.6) is 0 Å². The van der Waals surface area contributed by atoms with Gasteiger partial charge in [0.05, 0.1) is 12.0 Å². The zero-order chi connectivity index (χ0) is 15.5. The average Bonchev–Trinajstić information content (AvgIpc) is 2.93. The molecule has 1 N–H and O–H groups in total. The third kappa shape index (κ3) is 3.03. The zero-order valence-electron chi connectivity index (χ0n) is 12.0. The van der Waals surface area contributed by atoms with E-state index in [0.29, 0.717) is 18.2 Å². The minimum absolute atomic E-state index is 0.284. The molecule has 0 amide bonds. The van der Waals surface area contributed by atoms with Crippen molar-refractivity contribution in [1.29, 1.82) is 0 Å². The van der Waals surface area contributed by atoms with Gasteiger partial charge in [-0.2, -0.15) is 0 Å². The average molecular weight is 294 g/mol. The number of aryl methyl sites for hydroxylation is 1. The molecule has 0 spiro atoms. The van der Waals surface area contributed by atoms with E-state index in [1.807, 2.05) is 24.3 Å². The molecular formula is C17H14N2O3. The van der Waals surface area contributed by atoms with E-state index in [1.54, 1.807) is 31.2 Å². The molecule has 0 radical (unpaired) electrons. The van der Waals surface area contributed by atoms with Crippen molar-refractivity contribution in [3.8, 4) is 11.1 Å². The first kappa shape index (κ1) is 14.0. The molecule has 3 aromatic rings. The van der Waals surface area contributed by atoms with Crippen LogP contribution in [0.1, 0.15) is 27.7 Å². The molecule has 0 aliphatic carbocycles. The molecule has 110 valence electrons. The number of carbonyl (C=O) groups is 1. The molecule has 0 aliphatic heterocycles. The second kappa shape index (κ2) is 5.81. The van der Waals surface area contributed by atoms with Crippen LogP contribution in [0.3, 0.4) is 0 Å². The van der Waals surface area contributed by atoms with Gasteiger partial charge in [0.25, 0.3) is 0 Å². The predicted octanol–water partition coefficient (Wildman–Crippen LogP) is 3.33. The van der Waals surface area contributed by atoms with Gasteiger partial charge in [0.2, 0.25) is 11.8 Å². The Labute approximate surface area is 127 Å². The summed E-state index contributed by atoms with van der Waals surface area (Å²) in [5, 5.41) is 16.7. The lowest BCUT2D eigenvalue weighted by Crippen LogP contribution is -1.95.